The number of hydrazone groups is 1. The zero-order valence-corrected chi connectivity index (χ0v) is 8.69. The van der Waals surface area contributed by atoms with E-state index >= 15 is 0 Å². The molecule has 0 N–H and O–H groups in total. The van der Waals surface area contributed by atoms with Crippen LogP contribution in [0.1, 0.15) is 20.3 Å². The molecule has 0 aliphatic rings. The zero-order valence-electron chi connectivity index (χ0n) is 7.87. The Morgan fingerprint density at radius 2 is 2.18 bits per heavy atom. The number of nitrogens with zero attached hydrogens (tertiary/aromatic N) is 2. The molecule has 0 aromatic heterocycles. The lowest BCUT2D eigenvalue weighted by Gasteiger charge is -2.06. The third-order valence-electron chi connectivity index (χ3n) is 1.20. The number of hydrogen-bond acceptors (Lipinski definition) is 3. The van der Waals surface area contributed by atoms with Crippen LogP contribution in [-0.2, 0) is 0 Å². The van der Waals surface area contributed by atoms with Gasteiger partial charge >= 0.3 is 0 Å². The summed E-state index contributed by atoms with van der Waals surface area (Å²) in [4.78, 5) is 0. The Balaban J connectivity index is 3.36. The maximum absolute atomic E-state index is 4.14. The summed E-state index contributed by atoms with van der Waals surface area (Å²) in [5.74, 6) is 1.19. The lowest BCUT2D eigenvalue weighted by atomic mass is 10.4. The quantitative estimate of drug-likeness (QED) is 0.468. The highest BCUT2D eigenvalue weighted by molar-refractivity contribution is 7.99. The maximum Gasteiger partial charge on any atom is 0.0255 e. The Hall–Kier alpha value is -0.180. The first-order chi connectivity index (χ1) is 5.16. The molecular weight excluding hydrogens is 156 g/mol. The molecule has 1 unspecified atom stereocenters. The normalized spacial score (nSPS) is 13.8. The molecule has 0 saturated carbocycles. The molecule has 66 valence electrons. The molecule has 0 aliphatic heterocycles. The molecule has 0 radical (unpaired) electrons. The fourth-order valence-electron chi connectivity index (χ4n) is 0.711. The minimum Gasteiger partial charge on any atom is -0.303 e. The van der Waals surface area contributed by atoms with Gasteiger partial charge in [-0.3, -0.25) is 0 Å². The first-order valence-corrected chi connectivity index (χ1v) is 5.03. The van der Waals surface area contributed by atoms with Crippen molar-refractivity contribution in [1.29, 1.82) is 0 Å². The maximum atomic E-state index is 4.14. The van der Waals surface area contributed by atoms with Crippen molar-refractivity contribution in [2.24, 2.45) is 5.10 Å². The fraction of sp³-hybridized carbons (Fsp3) is 0.875. The van der Waals surface area contributed by atoms with Gasteiger partial charge in [-0.2, -0.15) is 16.9 Å². The largest absolute Gasteiger partial charge is 0.303 e. The number of rotatable bonds is 5. The van der Waals surface area contributed by atoms with Gasteiger partial charge in [-0.25, -0.2) is 0 Å². The van der Waals surface area contributed by atoms with Gasteiger partial charge < -0.3 is 5.01 Å². The second-order valence-electron chi connectivity index (χ2n) is 2.65. The van der Waals surface area contributed by atoms with Crippen LogP contribution in [-0.4, -0.2) is 36.3 Å². The van der Waals surface area contributed by atoms with E-state index in [1.807, 2.05) is 37.1 Å². The van der Waals surface area contributed by atoms with Crippen LogP contribution >= 0.6 is 11.8 Å². The van der Waals surface area contributed by atoms with Gasteiger partial charge in [0.2, 0.25) is 0 Å². The molecule has 0 rings (SSSR count). The number of hydrogen-bond donors (Lipinski definition) is 0. The average Bonchev–Trinajstić information content (AvgIpc) is 1.87. The summed E-state index contributed by atoms with van der Waals surface area (Å²) in [7, 11) is 3.88. The van der Waals surface area contributed by atoms with Gasteiger partial charge in [-0.15, -0.1) is 0 Å². The van der Waals surface area contributed by atoms with Crippen LogP contribution in [0.3, 0.4) is 0 Å². The Morgan fingerprint density at radius 1 is 1.55 bits per heavy atom. The lowest BCUT2D eigenvalue weighted by molar-refractivity contribution is 0.439. The van der Waals surface area contributed by atoms with Crippen molar-refractivity contribution >= 4 is 18.0 Å². The van der Waals surface area contributed by atoms with Gasteiger partial charge in [-0.05, 0) is 12.2 Å². The van der Waals surface area contributed by atoms with Crippen molar-refractivity contribution in [2.45, 2.75) is 25.5 Å². The molecule has 0 bridgehead atoms. The molecule has 0 amide bonds. The molecule has 1 atom stereocenters. The molecule has 0 heterocycles. The lowest BCUT2D eigenvalue weighted by Crippen LogP contribution is -2.04. The summed E-state index contributed by atoms with van der Waals surface area (Å²) >= 11 is 1.97. The van der Waals surface area contributed by atoms with E-state index in [0.717, 1.165) is 6.42 Å². The predicted molar refractivity (Wildman–Crippen MR) is 54.4 cm³/mol. The van der Waals surface area contributed by atoms with Gasteiger partial charge in [0.1, 0.15) is 0 Å². The van der Waals surface area contributed by atoms with E-state index in [2.05, 4.69) is 18.9 Å². The van der Waals surface area contributed by atoms with Crippen molar-refractivity contribution in [3.05, 3.63) is 0 Å². The van der Waals surface area contributed by atoms with Crippen LogP contribution in [0.4, 0.5) is 0 Å². The van der Waals surface area contributed by atoms with Gasteiger partial charge in [0.25, 0.3) is 0 Å². The van der Waals surface area contributed by atoms with Crippen molar-refractivity contribution in [3.8, 4) is 0 Å². The number of thioether (sulfide) groups is 1. The van der Waals surface area contributed by atoms with Crippen molar-refractivity contribution in [3.63, 3.8) is 0 Å². The van der Waals surface area contributed by atoms with E-state index in [1.165, 1.54) is 5.75 Å². The minimum absolute atomic E-state index is 0.698. The Morgan fingerprint density at radius 3 is 2.64 bits per heavy atom. The van der Waals surface area contributed by atoms with E-state index < -0.39 is 0 Å². The molecule has 11 heavy (non-hydrogen) atoms. The highest BCUT2D eigenvalue weighted by atomic mass is 32.2. The Bertz CT molecular complexity index is 113. The van der Waals surface area contributed by atoms with Crippen LogP contribution in [0.25, 0.3) is 0 Å². The highest BCUT2D eigenvalue weighted by Crippen LogP contribution is 2.11. The molecule has 2 nitrogen and oxygen atoms in total. The Kier molecular flexibility index (Phi) is 6.42. The molecular formula is C8H18N2S. The summed E-state index contributed by atoms with van der Waals surface area (Å²) in [6.45, 7) is 4.42. The summed E-state index contributed by atoms with van der Waals surface area (Å²) in [5.41, 5.74) is 0. The van der Waals surface area contributed by atoms with Crippen LogP contribution in [0.5, 0.6) is 0 Å². The van der Waals surface area contributed by atoms with Gasteiger partial charge in [0.15, 0.2) is 0 Å². The predicted octanol–water partition coefficient (Wildman–Crippen LogP) is 2.07. The molecule has 0 fully saturated rings. The molecule has 3 heteroatoms. The van der Waals surface area contributed by atoms with Crippen LogP contribution in [0.2, 0.25) is 0 Å². The molecule has 0 spiro atoms. The SMILES string of the molecule is CCSC(C)CC=NN(C)C. The van der Waals surface area contributed by atoms with Crippen molar-refractivity contribution in [2.75, 3.05) is 19.8 Å². The van der Waals surface area contributed by atoms with E-state index in [-0.39, 0.29) is 0 Å². The molecule has 0 aliphatic carbocycles. The first kappa shape index (κ1) is 10.8. The Labute approximate surface area is 74.0 Å². The van der Waals surface area contributed by atoms with Gasteiger partial charge in [0.05, 0.1) is 0 Å². The summed E-state index contributed by atoms with van der Waals surface area (Å²) in [5, 5.41) is 6.66. The van der Waals surface area contributed by atoms with Crippen LogP contribution in [0.15, 0.2) is 5.10 Å². The summed E-state index contributed by atoms with van der Waals surface area (Å²) < 4.78 is 0. The van der Waals surface area contributed by atoms with Crippen molar-refractivity contribution in [1.82, 2.24) is 5.01 Å². The van der Waals surface area contributed by atoms with E-state index in [4.69, 9.17) is 0 Å². The summed E-state index contributed by atoms with van der Waals surface area (Å²) in [6, 6.07) is 0. The van der Waals surface area contributed by atoms with E-state index in [9.17, 15) is 0 Å². The van der Waals surface area contributed by atoms with Crippen LogP contribution < -0.4 is 0 Å². The van der Waals surface area contributed by atoms with E-state index in [0.29, 0.717) is 5.25 Å². The second kappa shape index (κ2) is 6.53. The molecule has 0 saturated heterocycles. The van der Waals surface area contributed by atoms with Crippen molar-refractivity contribution < 1.29 is 0 Å². The molecule has 0 aromatic carbocycles. The van der Waals surface area contributed by atoms with Gasteiger partial charge in [0, 0.05) is 25.6 Å². The average molecular weight is 174 g/mol. The van der Waals surface area contributed by atoms with Gasteiger partial charge in [-0.1, -0.05) is 13.8 Å². The van der Waals surface area contributed by atoms with E-state index in [1.54, 1.807) is 0 Å². The molecule has 0 aromatic rings. The standard InChI is InChI=1S/C8H18N2S/c1-5-11-8(2)6-7-9-10(3)4/h7-8H,5-6H2,1-4H3. The third kappa shape index (κ3) is 7.72. The third-order valence-corrected chi connectivity index (χ3v) is 2.30. The summed E-state index contributed by atoms with van der Waals surface area (Å²) in [6.07, 6.45) is 3.05. The fourth-order valence-corrected chi connectivity index (χ4v) is 1.50. The zero-order chi connectivity index (χ0) is 8.69. The highest BCUT2D eigenvalue weighted by Gasteiger charge is 1.96. The topological polar surface area (TPSA) is 15.6 Å². The monoisotopic (exact) mass is 174 g/mol. The second-order valence-corrected chi connectivity index (χ2v) is 4.36. The smallest absolute Gasteiger partial charge is 0.0255 e. The van der Waals surface area contributed by atoms with Crippen LogP contribution in [0, 0.1) is 0 Å². The minimum atomic E-state index is 0.698. The first-order valence-electron chi connectivity index (χ1n) is 3.98.